The number of pyridine rings is 1. The Balaban J connectivity index is 1.90. The molecule has 0 atom stereocenters. The van der Waals surface area contributed by atoms with E-state index in [4.69, 9.17) is 11.5 Å². The molecule has 0 aliphatic carbocycles. The highest BCUT2D eigenvalue weighted by molar-refractivity contribution is 6.15. The van der Waals surface area contributed by atoms with Gasteiger partial charge in [-0.15, -0.1) is 0 Å². The molecule has 0 radical (unpaired) electrons. The number of carbonyl (C=O) groups excluding carboxylic acids is 2. The summed E-state index contributed by atoms with van der Waals surface area (Å²) in [5, 5.41) is 3.31. The molecule has 0 saturated carbocycles. The summed E-state index contributed by atoms with van der Waals surface area (Å²) in [6.45, 7) is 1.64. The number of carbonyl (C=O) groups is 2. The van der Waals surface area contributed by atoms with Gasteiger partial charge in [0.05, 0.1) is 11.3 Å². The summed E-state index contributed by atoms with van der Waals surface area (Å²) in [6.07, 6.45) is 3.87. The summed E-state index contributed by atoms with van der Waals surface area (Å²) >= 11 is 0. The van der Waals surface area contributed by atoms with Crippen LogP contribution in [-0.2, 0) is 13.0 Å². The second-order valence-electron chi connectivity index (χ2n) is 6.50. The van der Waals surface area contributed by atoms with Gasteiger partial charge < -0.3 is 16.8 Å². The van der Waals surface area contributed by atoms with Gasteiger partial charge in [0.15, 0.2) is 0 Å². The van der Waals surface area contributed by atoms with Crippen LogP contribution in [0.25, 0.3) is 11.3 Å². The lowest BCUT2D eigenvalue weighted by Gasteiger charge is -2.18. The van der Waals surface area contributed by atoms with Crippen LogP contribution in [-0.4, -0.2) is 33.2 Å². The van der Waals surface area contributed by atoms with Crippen LogP contribution >= 0.6 is 0 Å². The van der Waals surface area contributed by atoms with Gasteiger partial charge in [-0.25, -0.2) is 9.97 Å². The van der Waals surface area contributed by atoms with Crippen LogP contribution in [0, 0.1) is 0 Å². The number of nitrogen functional groups attached to an aromatic ring is 1. The lowest BCUT2D eigenvalue weighted by molar-refractivity contribution is 0.0978. The zero-order chi connectivity index (χ0) is 19.7. The van der Waals surface area contributed by atoms with E-state index in [2.05, 4.69) is 20.3 Å². The average molecular weight is 374 g/mol. The van der Waals surface area contributed by atoms with Crippen molar-refractivity contribution in [2.45, 2.75) is 13.0 Å². The van der Waals surface area contributed by atoms with E-state index in [9.17, 15) is 9.59 Å². The number of primary amides is 1. The normalized spacial score (nSPS) is 13.0. The summed E-state index contributed by atoms with van der Waals surface area (Å²) in [4.78, 5) is 37.4. The number of fused-ring (bicyclic) bond motifs is 1. The standard InChI is InChI=1S/C20H18N6O2/c21-19(28)15-16(12-4-3-11-5-7-24-10-14(11)8-12)25-20(22)26-17(15)18(27)13-2-1-6-23-9-13/h1-4,6,8-9,24H,5,7,10H2,(H2,21,28)(H2,22,25,26). The number of nitrogens with two attached hydrogens (primary N) is 2. The Hall–Kier alpha value is -3.65. The number of ketones is 1. The molecule has 3 heterocycles. The molecule has 0 spiro atoms. The van der Waals surface area contributed by atoms with Crippen molar-refractivity contribution in [3.05, 3.63) is 70.7 Å². The quantitative estimate of drug-likeness (QED) is 0.581. The third-order valence-electron chi connectivity index (χ3n) is 4.68. The number of hydrogen-bond acceptors (Lipinski definition) is 7. The molecular weight excluding hydrogens is 356 g/mol. The van der Waals surface area contributed by atoms with Crippen LogP contribution in [0.4, 0.5) is 5.95 Å². The topological polar surface area (TPSA) is 137 Å². The Bertz CT molecular complexity index is 1080. The number of benzene rings is 1. The molecule has 8 nitrogen and oxygen atoms in total. The Kier molecular flexibility index (Phi) is 4.54. The van der Waals surface area contributed by atoms with Gasteiger partial charge in [-0.3, -0.25) is 14.6 Å². The van der Waals surface area contributed by atoms with Gasteiger partial charge in [-0.05, 0) is 42.3 Å². The number of hydrogen-bond donors (Lipinski definition) is 3. The van der Waals surface area contributed by atoms with Crippen molar-refractivity contribution in [2.75, 3.05) is 12.3 Å². The monoisotopic (exact) mass is 374 g/mol. The van der Waals surface area contributed by atoms with E-state index in [-0.39, 0.29) is 28.5 Å². The molecule has 1 aliphatic rings. The van der Waals surface area contributed by atoms with Crippen LogP contribution in [0.15, 0.2) is 42.7 Å². The third-order valence-corrected chi connectivity index (χ3v) is 4.68. The largest absolute Gasteiger partial charge is 0.368 e. The molecule has 5 N–H and O–H groups in total. The molecule has 3 aromatic rings. The predicted molar refractivity (Wildman–Crippen MR) is 103 cm³/mol. The molecule has 0 saturated heterocycles. The fourth-order valence-corrected chi connectivity index (χ4v) is 3.35. The van der Waals surface area contributed by atoms with Gasteiger partial charge in [0.25, 0.3) is 5.91 Å². The number of nitrogens with zero attached hydrogens (tertiary/aromatic N) is 3. The Morgan fingerprint density at radius 3 is 2.71 bits per heavy atom. The number of amides is 1. The molecule has 0 fully saturated rings. The number of aromatic nitrogens is 3. The first-order valence-corrected chi connectivity index (χ1v) is 8.79. The summed E-state index contributed by atoms with van der Waals surface area (Å²) in [5.41, 5.74) is 14.8. The minimum atomic E-state index is -0.793. The van der Waals surface area contributed by atoms with Crippen molar-refractivity contribution in [1.29, 1.82) is 0 Å². The van der Waals surface area contributed by atoms with Crippen LogP contribution in [0.1, 0.15) is 37.5 Å². The summed E-state index contributed by atoms with van der Waals surface area (Å²) in [6, 6.07) is 9.00. The van der Waals surface area contributed by atoms with Crippen molar-refractivity contribution in [2.24, 2.45) is 5.73 Å². The van der Waals surface area contributed by atoms with E-state index >= 15 is 0 Å². The molecule has 1 aromatic carbocycles. The average Bonchev–Trinajstić information content (AvgIpc) is 2.72. The smallest absolute Gasteiger partial charge is 0.253 e. The zero-order valence-corrected chi connectivity index (χ0v) is 15.0. The third kappa shape index (κ3) is 3.21. The summed E-state index contributed by atoms with van der Waals surface area (Å²) < 4.78 is 0. The zero-order valence-electron chi connectivity index (χ0n) is 15.0. The summed E-state index contributed by atoms with van der Waals surface area (Å²) in [7, 11) is 0. The highest BCUT2D eigenvalue weighted by atomic mass is 16.1. The first kappa shape index (κ1) is 17.7. The molecular formula is C20H18N6O2. The Morgan fingerprint density at radius 1 is 1.11 bits per heavy atom. The van der Waals surface area contributed by atoms with Crippen LogP contribution in [0.5, 0.6) is 0 Å². The van der Waals surface area contributed by atoms with Crippen LogP contribution in [0.3, 0.4) is 0 Å². The van der Waals surface area contributed by atoms with Crippen molar-refractivity contribution >= 4 is 17.6 Å². The molecule has 1 amide bonds. The highest BCUT2D eigenvalue weighted by Gasteiger charge is 2.25. The molecule has 4 rings (SSSR count). The van der Waals surface area contributed by atoms with E-state index in [0.29, 0.717) is 5.56 Å². The van der Waals surface area contributed by atoms with E-state index < -0.39 is 11.7 Å². The van der Waals surface area contributed by atoms with E-state index in [1.165, 1.54) is 11.8 Å². The van der Waals surface area contributed by atoms with Crippen molar-refractivity contribution in [3.63, 3.8) is 0 Å². The Morgan fingerprint density at radius 2 is 1.96 bits per heavy atom. The number of nitrogens with one attached hydrogen (secondary N) is 1. The first-order chi connectivity index (χ1) is 13.5. The molecule has 2 aromatic heterocycles. The number of rotatable bonds is 4. The highest BCUT2D eigenvalue weighted by Crippen LogP contribution is 2.28. The molecule has 0 bridgehead atoms. The van der Waals surface area contributed by atoms with Gasteiger partial charge in [-0.1, -0.05) is 12.1 Å². The molecule has 28 heavy (non-hydrogen) atoms. The lowest BCUT2D eigenvalue weighted by Crippen LogP contribution is -2.24. The molecule has 8 heteroatoms. The second-order valence-corrected chi connectivity index (χ2v) is 6.50. The first-order valence-electron chi connectivity index (χ1n) is 8.79. The summed E-state index contributed by atoms with van der Waals surface area (Å²) in [5.74, 6) is -1.39. The van der Waals surface area contributed by atoms with E-state index in [0.717, 1.165) is 25.1 Å². The second kappa shape index (κ2) is 7.16. The molecule has 1 aliphatic heterocycles. The molecule has 140 valence electrons. The fourth-order valence-electron chi connectivity index (χ4n) is 3.35. The van der Waals surface area contributed by atoms with E-state index in [1.807, 2.05) is 18.2 Å². The van der Waals surface area contributed by atoms with Gasteiger partial charge >= 0.3 is 0 Å². The lowest BCUT2D eigenvalue weighted by atomic mass is 9.94. The molecule has 0 unspecified atom stereocenters. The van der Waals surface area contributed by atoms with Gasteiger partial charge in [0, 0.05) is 30.1 Å². The minimum absolute atomic E-state index is 0.0493. The van der Waals surface area contributed by atoms with Gasteiger partial charge in [0.1, 0.15) is 5.69 Å². The van der Waals surface area contributed by atoms with Crippen molar-refractivity contribution in [1.82, 2.24) is 20.3 Å². The minimum Gasteiger partial charge on any atom is -0.368 e. The number of anilines is 1. The van der Waals surface area contributed by atoms with E-state index in [1.54, 1.807) is 18.3 Å². The van der Waals surface area contributed by atoms with Crippen molar-refractivity contribution in [3.8, 4) is 11.3 Å². The van der Waals surface area contributed by atoms with Crippen LogP contribution in [0.2, 0.25) is 0 Å². The maximum atomic E-state index is 12.9. The van der Waals surface area contributed by atoms with Crippen molar-refractivity contribution < 1.29 is 9.59 Å². The maximum absolute atomic E-state index is 12.9. The van der Waals surface area contributed by atoms with Gasteiger partial charge in [0.2, 0.25) is 11.7 Å². The van der Waals surface area contributed by atoms with Gasteiger partial charge in [-0.2, -0.15) is 0 Å². The Labute approximate surface area is 161 Å². The fraction of sp³-hybridized carbons (Fsp3) is 0.150. The van der Waals surface area contributed by atoms with Crippen LogP contribution < -0.4 is 16.8 Å². The predicted octanol–water partition coefficient (Wildman–Crippen LogP) is 1.10. The SMILES string of the molecule is NC(=O)c1c(C(=O)c2cccnc2)nc(N)nc1-c1ccc2c(c1)CNCC2. The maximum Gasteiger partial charge on any atom is 0.253 e.